The van der Waals surface area contributed by atoms with E-state index in [-0.39, 0.29) is 12.0 Å². The first-order valence-electron chi connectivity index (χ1n) is 5.99. The molecule has 0 unspecified atom stereocenters. The van der Waals surface area contributed by atoms with Gasteiger partial charge in [0.25, 0.3) is 5.91 Å². The van der Waals surface area contributed by atoms with Crippen LogP contribution in [-0.2, 0) is 4.84 Å². The number of nitrogens with one attached hydrogen (secondary N) is 2. The number of piperidine rings is 1. The van der Waals surface area contributed by atoms with Crippen LogP contribution in [0.5, 0.6) is 0 Å². The molecule has 1 fully saturated rings. The molecular formula is C13H18N2O2. The molecule has 1 saturated heterocycles. The van der Waals surface area contributed by atoms with Crippen LogP contribution in [0.25, 0.3) is 0 Å². The van der Waals surface area contributed by atoms with Crippen LogP contribution in [0.15, 0.2) is 24.3 Å². The summed E-state index contributed by atoms with van der Waals surface area (Å²) in [5.41, 5.74) is 4.24. The number of benzene rings is 1. The number of aryl methyl sites for hydroxylation is 1. The predicted octanol–water partition coefficient (Wildman–Crippen LogP) is 1.41. The van der Waals surface area contributed by atoms with Crippen LogP contribution in [0, 0.1) is 6.92 Å². The van der Waals surface area contributed by atoms with Gasteiger partial charge in [-0.15, -0.1) is 0 Å². The number of hydroxylamine groups is 1. The Morgan fingerprint density at radius 1 is 1.41 bits per heavy atom. The maximum absolute atomic E-state index is 11.8. The number of hydrogen-bond acceptors (Lipinski definition) is 3. The molecule has 1 heterocycles. The van der Waals surface area contributed by atoms with Crippen molar-refractivity contribution in [1.29, 1.82) is 0 Å². The highest BCUT2D eigenvalue weighted by molar-refractivity contribution is 5.93. The van der Waals surface area contributed by atoms with E-state index < -0.39 is 0 Å². The zero-order valence-corrected chi connectivity index (χ0v) is 10.0. The van der Waals surface area contributed by atoms with Crippen molar-refractivity contribution >= 4 is 5.91 Å². The summed E-state index contributed by atoms with van der Waals surface area (Å²) < 4.78 is 0. The molecule has 1 aromatic carbocycles. The van der Waals surface area contributed by atoms with Gasteiger partial charge in [-0.25, -0.2) is 5.48 Å². The topological polar surface area (TPSA) is 50.4 Å². The van der Waals surface area contributed by atoms with Crippen molar-refractivity contribution < 1.29 is 9.63 Å². The van der Waals surface area contributed by atoms with Crippen molar-refractivity contribution in [2.24, 2.45) is 0 Å². The van der Waals surface area contributed by atoms with Crippen molar-refractivity contribution in [2.75, 3.05) is 13.1 Å². The number of amides is 1. The Labute approximate surface area is 101 Å². The first-order chi connectivity index (χ1) is 8.25. The average Bonchev–Trinajstić information content (AvgIpc) is 2.37. The van der Waals surface area contributed by atoms with Crippen molar-refractivity contribution in [1.82, 2.24) is 10.8 Å². The molecule has 1 aliphatic rings. The van der Waals surface area contributed by atoms with E-state index in [1.807, 2.05) is 25.1 Å². The lowest BCUT2D eigenvalue weighted by Gasteiger charge is -2.22. The average molecular weight is 234 g/mol. The van der Waals surface area contributed by atoms with Gasteiger partial charge in [-0.2, -0.15) is 0 Å². The third kappa shape index (κ3) is 3.54. The molecule has 4 nitrogen and oxygen atoms in total. The third-order valence-corrected chi connectivity index (χ3v) is 2.88. The Hall–Kier alpha value is -1.39. The van der Waals surface area contributed by atoms with Crippen LogP contribution < -0.4 is 10.8 Å². The molecule has 4 heteroatoms. The van der Waals surface area contributed by atoms with E-state index in [2.05, 4.69) is 10.8 Å². The van der Waals surface area contributed by atoms with Crippen LogP contribution in [0.3, 0.4) is 0 Å². The molecule has 1 aromatic rings. The quantitative estimate of drug-likeness (QED) is 0.777. The summed E-state index contributed by atoms with van der Waals surface area (Å²) in [6.45, 7) is 3.86. The molecule has 0 aliphatic carbocycles. The zero-order chi connectivity index (χ0) is 12.1. The lowest BCUT2D eigenvalue weighted by Crippen LogP contribution is -2.37. The maximum Gasteiger partial charge on any atom is 0.274 e. The zero-order valence-electron chi connectivity index (χ0n) is 10.0. The molecule has 1 amide bonds. The van der Waals surface area contributed by atoms with Crippen molar-refractivity contribution in [3.05, 3.63) is 35.4 Å². The van der Waals surface area contributed by atoms with E-state index in [9.17, 15) is 4.79 Å². The molecule has 92 valence electrons. The van der Waals surface area contributed by atoms with Crippen LogP contribution in [-0.4, -0.2) is 25.1 Å². The van der Waals surface area contributed by atoms with Gasteiger partial charge in [-0.3, -0.25) is 9.63 Å². The van der Waals surface area contributed by atoms with Gasteiger partial charge in [0.1, 0.15) is 0 Å². The standard InChI is InChI=1S/C13H18N2O2/c1-10-3-2-4-11(9-10)13(16)15-17-12-5-7-14-8-6-12/h2-4,9,12,14H,5-8H2,1H3,(H,15,16). The normalized spacial score (nSPS) is 16.8. The first-order valence-corrected chi connectivity index (χ1v) is 5.99. The van der Waals surface area contributed by atoms with Crippen LogP contribution in [0.4, 0.5) is 0 Å². The van der Waals surface area contributed by atoms with Crippen molar-refractivity contribution in [3.8, 4) is 0 Å². The van der Waals surface area contributed by atoms with E-state index in [0.717, 1.165) is 31.5 Å². The fourth-order valence-electron chi connectivity index (χ4n) is 1.90. The third-order valence-electron chi connectivity index (χ3n) is 2.88. The summed E-state index contributed by atoms with van der Waals surface area (Å²) in [5, 5.41) is 3.25. The molecule has 2 N–H and O–H groups in total. The van der Waals surface area contributed by atoms with Crippen molar-refractivity contribution in [3.63, 3.8) is 0 Å². The van der Waals surface area contributed by atoms with Crippen LogP contribution >= 0.6 is 0 Å². The molecule has 0 aromatic heterocycles. The minimum absolute atomic E-state index is 0.130. The first kappa shape index (κ1) is 12.1. The van der Waals surface area contributed by atoms with Gasteiger partial charge in [-0.1, -0.05) is 17.7 Å². The van der Waals surface area contributed by atoms with E-state index in [1.165, 1.54) is 0 Å². The van der Waals surface area contributed by atoms with E-state index in [4.69, 9.17) is 4.84 Å². The number of carbonyl (C=O) groups is 1. The monoisotopic (exact) mass is 234 g/mol. The Balaban J connectivity index is 1.84. The summed E-state index contributed by atoms with van der Waals surface area (Å²) in [4.78, 5) is 17.2. The fraction of sp³-hybridized carbons (Fsp3) is 0.462. The largest absolute Gasteiger partial charge is 0.317 e. The van der Waals surface area contributed by atoms with Gasteiger partial charge in [0.05, 0.1) is 6.10 Å². The van der Waals surface area contributed by atoms with Crippen LogP contribution in [0.1, 0.15) is 28.8 Å². The maximum atomic E-state index is 11.8. The predicted molar refractivity (Wildman–Crippen MR) is 65.6 cm³/mol. The van der Waals surface area contributed by atoms with E-state index >= 15 is 0 Å². The number of carbonyl (C=O) groups excluding carboxylic acids is 1. The summed E-state index contributed by atoms with van der Waals surface area (Å²) in [7, 11) is 0. The molecule has 0 radical (unpaired) electrons. The fourth-order valence-corrected chi connectivity index (χ4v) is 1.90. The minimum atomic E-state index is -0.174. The molecule has 17 heavy (non-hydrogen) atoms. The number of rotatable bonds is 3. The van der Waals surface area contributed by atoms with Gasteiger partial charge in [0.15, 0.2) is 0 Å². The summed E-state index contributed by atoms with van der Waals surface area (Å²) in [5.74, 6) is -0.174. The second-order valence-electron chi connectivity index (χ2n) is 4.37. The lowest BCUT2D eigenvalue weighted by molar-refractivity contribution is -0.0282. The van der Waals surface area contributed by atoms with Gasteiger partial charge < -0.3 is 5.32 Å². The van der Waals surface area contributed by atoms with Gasteiger partial charge >= 0.3 is 0 Å². The van der Waals surface area contributed by atoms with Crippen molar-refractivity contribution in [2.45, 2.75) is 25.9 Å². The van der Waals surface area contributed by atoms with E-state index in [1.54, 1.807) is 6.07 Å². The SMILES string of the molecule is Cc1cccc(C(=O)NOC2CCNCC2)c1. The van der Waals surface area contributed by atoms with Gasteiger partial charge in [0, 0.05) is 5.56 Å². The van der Waals surface area contributed by atoms with Gasteiger partial charge in [-0.05, 0) is 45.0 Å². The Bertz CT molecular complexity index is 387. The summed E-state index contributed by atoms with van der Waals surface area (Å²) in [6.07, 6.45) is 2.01. The highest BCUT2D eigenvalue weighted by Crippen LogP contribution is 2.07. The molecule has 0 saturated carbocycles. The Morgan fingerprint density at radius 2 is 2.18 bits per heavy atom. The summed E-state index contributed by atoms with van der Waals surface area (Å²) in [6, 6.07) is 7.47. The Kier molecular flexibility index (Phi) is 4.12. The molecule has 1 aliphatic heterocycles. The molecule has 0 atom stereocenters. The second-order valence-corrected chi connectivity index (χ2v) is 4.37. The highest BCUT2D eigenvalue weighted by atomic mass is 16.7. The Morgan fingerprint density at radius 3 is 2.88 bits per heavy atom. The summed E-state index contributed by atoms with van der Waals surface area (Å²) >= 11 is 0. The lowest BCUT2D eigenvalue weighted by atomic mass is 10.1. The number of hydrogen-bond donors (Lipinski definition) is 2. The molecular weight excluding hydrogens is 216 g/mol. The van der Waals surface area contributed by atoms with Gasteiger partial charge in [0.2, 0.25) is 0 Å². The van der Waals surface area contributed by atoms with E-state index in [0.29, 0.717) is 5.56 Å². The van der Waals surface area contributed by atoms with Crippen LogP contribution in [0.2, 0.25) is 0 Å². The minimum Gasteiger partial charge on any atom is -0.317 e. The molecule has 0 bridgehead atoms. The molecule has 0 spiro atoms. The second kappa shape index (κ2) is 5.80. The molecule has 2 rings (SSSR count). The highest BCUT2D eigenvalue weighted by Gasteiger charge is 2.15. The smallest absolute Gasteiger partial charge is 0.274 e.